The minimum absolute atomic E-state index is 0.285. The van der Waals surface area contributed by atoms with Crippen molar-refractivity contribution in [1.29, 1.82) is 0 Å². The van der Waals surface area contributed by atoms with Gasteiger partial charge in [-0.05, 0) is 29.5 Å². The molecule has 0 amide bonds. The van der Waals surface area contributed by atoms with E-state index < -0.39 is 0 Å². The third-order valence-corrected chi connectivity index (χ3v) is 4.33. The van der Waals surface area contributed by atoms with Crippen molar-refractivity contribution < 1.29 is 0 Å². The van der Waals surface area contributed by atoms with Gasteiger partial charge in [0, 0.05) is 5.56 Å². The van der Waals surface area contributed by atoms with Crippen molar-refractivity contribution >= 4 is 21.6 Å². The third-order valence-electron chi connectivity index (χ3n) is 3.26. The van der Waals surface area contributed by atoms with Gasteiger partial charge in [0.2, 0.25) is 0 Å². The molecule has 3 rings (SSSR count). The maximum atomic E-state index is 4.79. The van der Waals surface area contributed by atoms with Gasteiger partial charge < -0.3 is 0 Å². The van der Waals surface area contributed by atoms with Gasteiger partial charge in [-0.15, -0.1) is 11.3 Å². The maximum Gasteiger partial charge on any atom is 0.124 e. The minimum atomic E-state index is 0.285. The highest BCUT2D eigenvalue weighted by molar-refractivity contribution is 7.21. The second kappa shape index (κ2) is 5.02. The Morgan fingerprint density at radius 2 is 1.65 bits per heavy atom. The summed E-state index contributed by atoms with van der Waals surface area (Å²) in [5.41, 5.74) is 4.05. The molecule has 1 aromatic heterocycles. The first kappa shape index (κ1) is 13.3. The zero-order chi connectivity index (χ0) is 14.2. The Morgan fingerprint density at radius 1 is 0.950 bits per heavy atom. The smallest absolute Gasteiger partial charge is 0.124 e. The summed E-state index contributed by atoms with van der Waals surface area (Å²) in [6.45, 7) is 6.84. The summed E-state index contributed by atoms with van der Waals surface area (Å²) in [6.07, 6.45) is 1.07. The molecule has 0 radical (unpaired) electrons. The van der Waals surface area contributed by atoms with Crippen molar-refractivity contribution in [3.8, 4) is 10.6 Å². The highest BCUT2D eigenvalue weighted by Crippen LogP contribution is 2.34. The molecule has 1 heterocycles. The standard InChI is InChI=1S/C18H19NS/c1-18(2,3)12-13-8-4-5-9-14(13)17-19-15-10-6-7-11-16(15)20-17/h4-11H,12H2,1-3H3. The van der Waals surface area contributed by atoms with Gasteiger partial charge in [-0.25, -0.2) is 4.98 Å². The fourth-order valence-electron chi connectivity index (χ4n) is 2.44. The van der Waals surface area contributed by atoms with Crippen LogP contribution in [0.1, 0.15) is 26.3 Å². The van der Waals surface area contributed by atoms with E-state index in [9.17, 15) is 0 Å². The van der Waals surface area contributed by atoms with Crippen LogP contribution < -0.4 is 0 Å². The largest absolute Gasteiger partial charge is 0.236 e. The average Bonchev–Trinajstić information content (AvgIpc) is 2.81. The molecule has 0 atom stereocenters. The quantitative estimate of drug-likeness (QED) is 0.600. The Kier molecular flexibility index (Phi) is 3.35. The summed E-state index contributed by atoms with van der Waals surface area (Å²) < 4.78 is 1.26. The SMILES string of the molecule is CC(C)(C)Cc1ccccc1-c1nc2ccccc2s1. The molecule has 0 saturated carbocycles. The van der Waals surface area contributed by atoms with E-state index in [1.165, 1.54) is 15.8 Å². The molecular weight excluding hydrogens is 262 g/mol. The molecule has 0 aliphatic heterocycles. The van der Waals surface area contributed by atoms with Gasteiger partial charge in [0.15, 0.2) is 0 Å². The first-order valence-corrected chi connectivity index (χ1v) is 7.78. The van der Waals surface area contributed by atoms with Gasteiger partial charge >= 0.3 is 0 Å². The van der Waals surface area contributed by atoms with Gasteiger partial charge in [0.05, 0.1) is 10.2 Å². The zero-order valence-corrected chi connectivity index (χ0v) is 13.0. The van der Waals surface area contributed by atoms with Crippen molar-refractivity contribution in [2.24, 2.45) is 5.41 Å². The fraction of sp³-hybridized carbons (Fsp3) is 0.278. The fourth-order valence-corrected chi connectivity index (χ4v) is 3.47. The number of nitrogens with zero attached hydrogens (tertiary/aromatic N) is 1. The van der Waals surface area contributed by atoms with Crippen LogP contribution in [-0.4, -0.2) is 4.98 Å². The molecule has 0 spiro atoms. The van der Waals surface area contributed by atoms with Crippen molar-refractivity contribution in [1.82, 2.24) is 4.98 Å². The second-order valence-corrected chi connectivity index (χ2v) is 7.41. The molecule has 102 valence electrons. The van der Waals surface area contributed by atoms with E-state index in [1.807, 2.05) is 6.07 Å². The Morgan fingerprint density at radius 3 is 2.40 bits per heavy atom. The molecule has 2 aromatic carbocycles. The molecule has 0 N–H and O–H groups in total. The molecule has 0 saturated heterocycles. The number of aromatic nitrogens is 1. The Bertz CT molecular complexity index is 701. The Balaban J connectivity index is 2.09. The van der Waals surface area contributed by atoms with Crippen LogP contribution >= 0.6 is 11.3 Å². The first-order chi connectivity index (χ1) is 9.53. The summed E-state index contributed by atoms with van der Waals surface area (Å²) >= 11 is 1.78. The maximum absolute atomic E-state index is 4.79. The van der Waals surface area contributed by atoms with E-state index in [0.717, 1.165) is 16.9 Å². The summed E-state index contributed by atoms with van der Waals surface area (Å²) in [6, 6.07) is 17.0. The van der Waals surface area contributed by atoms with E-state index in [1.54, 1.807) is 11.3 Å². The topological polar surface area (TPSA) is 12.9 Å². The lowest BCUT2D eigenvalue weighted by Gasteiger charge is -2.19. The molecule has 0 fully saturated rings. The van der Waals surface area contributed by atoms with Crippen molar-refractivity contribution in [3.05, 3.63) is 54.1 Å². The van der Waals surface area contributed by atoms with E-state index in [-0.39, 0.29) is 5.41 Å². The van der Waals surface area contributed by atoms with Gasteiger partial charge in [0.25, 0.3) is 0 Å². The lowest BCUT2D eigenvalue weighted by atomic mass is 9.86. The molecule has 0 unspecified atom stereocenters. The van der Waals surface area contributed by atoms with Gasteiger partial charge in [-0.1, -0.05) is 57.2 Å². The van der Waals surface area contributed by atoms with Crippen LogP contribution in [0.3, 0.4) is 0 Å². The van der Waals surface area contributed by atoms with Crippen molar-refractivity contribution in [2.75, 3.05) is 0 Å². The van der Waals surface area contributed by atoms with Gasteiger partial charge in [-0.2, -0.15) is 0 Å². The lowest BCUT2D eigenvalue weighted by Crippen LogP contribution is -2.09. The molecule has 1 nitrogen and oxygen atoms in total. The Hall–Kier alpha value is -1.67. The van der Waals surface area contributed by atoms with Crippen molar-refractivity contribution in [3.63, 3.8) is 0 Å². The number of hydrogen-bond acceptors (Lipinski definition) is 2. The van der Waals surface area contributed by atoms with Crippen LogP contribution in [0.25, 0.3) is 20.8 Å². The lowest BCUT2D eigenvalue weighted by molar-refractivity contribution is 0.412. The predicted molar refractivity (Wildman–Crippen MR) is 88.2 cm³/mol. The minimum Gasteiger partial charge on any atom is -0.236 e. The first-order valence-electron chi connectivity index (χ1n) is 6.97. The number of fused-ring (bicyclic) bond motifs is 1. The highest BCUT2D eigenvalue weighted by Gasteiger charge is 2.16. The summed E-state index contributed by atoms with van der Waals surface area (Å²) in [7, 11) is 0. The second-order valence-electron chi connectivity index (χ2n) is 6.38. The van der Waals surface area contributed by atoms with Crippen LogP contribution in [0.2, 0.25) is 0 Å². The van der Waals surface area contributed by atoms with Crippen LogP contribution in [0.15, 0.2) is 48.5 Å². The number of rotatable bonds is 2. The van der Waals surface area contributed by atoms with Gasteiger partial charge in [-0.3, -0.25) is 0 Å². The van der Waals surface area contributed by atoms with Crippen LogP contribution in [0.5, 0.6) is 0 Å². The normalized spacial score (nSPS) is 11.9. The van der Waals surface area contributed by atoms with Gasteiger partial charge in [0.1, 0.15) is 5.01 Å². The number of para-hydroxylation sites is 1. The number of thiazole rings is 1. The average molecular weight is 281 g/mol. The van der Waals surface area contributed by atoms with E-state index in [4.69, 9.17) is 4.98 Å². The molecular formula is C18H19NS. The molecule has 0 aliphatic carbocycles. The summed E-state index contributed by atoms with van der Waals surface area (Å²) in [5, 5.41) is 1.13. The zero-order valence-electron chi connectivity index (χ0n) is 12.2. The third kappa shape index (κ3) is 2.75. The molecule has 20 heavy (non-hydrogen) atoms. The predicted octanol–water partition coefficient (Wildman–Crippen LogP) is 5.55. The van der Waals surface area contributed by atoms with Crippen LogP contribution in [0, 0.1) is 5.41 Å². The van der Waals surface area contributed by atoms with Crippen LogP contribution in [-0.2, 0) is 6.42 Å². The van der Waals surface area contributed by atoms with Crippen molar-refractivity contribution in [2.45, 2.75) is 27.2 Å². The molecule has 0 aliphatic rings. The van der Waals surface area contributed by atoms with E-state index in [2.05, 4.69) is 63.2 Å². The highest BCUT2D eigenvalue weighted by atomic mass is 32.1. The van der Waals surface area contributed by atoms with E-state index >= 15 is 0 Å². The summed E-state index contributed by atoms with van der Waals surface area (Å²) in [4.78, 5) is 4.79. The molecule has 3 aromatic rings. The number of benzene rings is 2. The number of hydrogen-bond donors (Lipinski definition) is 0. The summed E-state index contributed by atoms with van der Waals surface area (Å²) in [5.74, 6) is 0. The van der Waals surface area contributed by atoms with Crippen LogP contribution in [0.4, 0.5) is 0 Å². The molecule has 2 heteroatoms. The van der Waals surface area contributed by atoms with E-state index in [0.29, 0.717) is 0 Å². The molecule has 0 bridgehead atoms. The Labute approximate surface area is 124 Å². The monoisotopic (exact) mass is 281 g/mol.